The van der Waals surface area contributed by atoms with Gasteiger partial charge in [0.25, 0.3) is 0 Å². The zero-order valence-corrected chi connectivity index (χ0v) is 18.0. The first kappa shape index (κ1) is 22.8. The lowest BCUT2D eigenvalue weighted by Crippen LogP contribution is -2.40. The molecule has 1 heterocycles. The molecule has 6 nitrogen and oxygen atoms in total. The maximum Gasteiger partial charge on any atom is 0.326 e. The molecular formula is C24H26N2O4S. The molecule has 7 heteroatoms. The van der Waals surface area contributed by atoms with Crippen molar-refractivity contribution in [2.75, 3.05) is 6.54 Å². The number of nitrogens with two attached hydrogens (primary N) is 1. The summed E-state index contributed by atoms with van der Waals surface area (Å²) in [5.41, 5.74) is 8.17. The molecule has 1 saturated heterocycles. The Labute approximate surface area is 187 Å². The quantitative estimate of drug-likeness (QED) is 0.458. The number of hydrogen-bond acceptors (Lipinski definition) is 5. The van der Waals surface area contributed by atoms with Gasteiger partial charge in [-0.05, 0) is 24.8 Å². The van der Waals surface area contributed by atoms with E-state index in [2.05, 4.69) is 0 Å². The fourth-order valence-electron chi connectivity index (χ4n) is 3.80. The van der Waals surface area contributed by atoms with Crippen molar-refractivity contribution in [1.29, 1.82) is 0 Å². The fraction of sp³-hybridized carbons (Fsp3) is 0.333. The smallest absolute Gasteiger partial charge is 0.326 e. The molecule has 0 amide bonds. The van der Waals surface area contributed by atoms with Gasteiger partial charge in [0.05, 0.1) is 11.0 Å². The zero-order valence-electron chi connectivity index (χ0n) is 17.2. The van der Waals surface area contributed by atoms with E-state index in [1.807, 2.05) is 30.3 Å². The van der Waals surface area contributed by atoms with Crippen LogP contribution in [0.25, 0.3) is 0 Å². The number of rotatable bonds is 9. The van der Waals surface area contributed by atoms with E-state index in [0.29, 0.717) is 41.9 Å². The number of ketones is 2. The van der Waals surface area contributed by atoms with Crippen LogP contribution in [0.4, 0.5) is 0 Å². The van der Waals surface area contributed by atoms with Gasteiger partial charge in [0.2, 0.25) is 0 Å². The van der Waals surface area contributed by atoms with Crippen LogP contribution >= 0.6 is 12.2 Å². The van der Waals surface area contributed by atoms with Crippen LogP contribution in [0.3, 0.4) is 0 Å². The Morgan fingerprint density at radius 2 is 1.68 bits per heavy atom. The minimum Gasteiger partial charge on any atom is -0.480 e. The average Bonchev–Trinajstić information content (AvgIpc) is 3.28. The van der Waals surface area contributed by atoms with Gasteiger partial charge >= 0.3 is 5.97 Å². The summed E-state index contributed by atoms with van der Waals surface area (Å²) in [4.78, 5) is 38.5. The maximum absolute atomic E-state index is 12.5. The molecule has 1 fully saturated rings. The summed E-state index contributed by atoms with van der Waals surface area (Å²) in [6.45, 7) is 0.615. The second kappa shape index (κ2) is 10.4. The Balaban J connectivity index is 1.51. The minimum atomic E-state index is -0.878. The summed E-state index contributed by atoms with van der Waals surface area (Å²) in [5, 5.41) is 9.27. The number of nitrogens with zero attached hydrogens (tertiary/aromatic N) is 1. The lowest BCUT2D eigenvalue weighted by atomic mass is 9.97. The van der Waals surface area contributed by atoms with Crippen LogP contribution in [-0.4, -0.2) is 51.2 Å². The zero-order chi connectivity index (χ0) is 22.4. The summed E-state index contributed by atoms with van der Waals surface area (Å²) >= 11 is 5.36. The van der Waals surface area contributed by atoms with Gasteiger partial charge in [0, 0.05) is 30.5 Å². The van der Waals surface area contributed by atoms with E-state index in [1.165, 1.54) is 0 Å². The molecule has 0 aromatic heterocycles. The van der Waals surface area contributed by atoms with Gasteiger partial charge < -0.3 is 15.7 Å². The lowest BCUT2D eigenvalue weighted by Gasteiger charge is -2.24. The van der Waals surface area contributed by atoms with E-state index in [1.54, 1.807) is 29.2 Å². The number of benzene rings is 2. The van der Waals surface area contributed by atoms with Gasteiger partial charge in [-0.3, -0.25) is 9.59 Å². The number of carbonyl (C=O) groups is 3. The molecule has 3 N–H and O–H groups in total. The third kappa shape index (κ3) is 5.83. The fourth-order valence-corrected chi connectivity index (χ4v) is 4.12. The maximum atomic E-state index is 12.5. The average molecular weight is 439 g/mol. The van der Waals surface area contributed by atoms with Gasteiger partial charge in [0.15, 0.2) is 5.78 Å². The van der Waals surface area contributed by atoms with Crippen LogP contribution in [0, 0.1) is 0 Å². The largest absolute Gasteiger partial charge is 0.480 e. The molecule has 0 aliphatic carbocycles. The Bertz CT molecular complexity index is 959. The summed E-state index contributed by atoms with van der Waals surface area (Å²) in [5.74, 6) is -1.04. The standard InChI is InChI=1S/C24H26N2O4S/c25-19(21(27)12-13-22(31)26-14-4-7-20(26)24(29)30)15-16-8-10-18(11-9-16)23(28)17-5-2-1-3-6-17/h1-3,5-6,8-11,19-20H,4,7,12-15,25H2,(H,29,30)/t19-,20-/m0/s1. The van der Waals surface area contributed by atoms with Crippen molar-refractivity contribution in [3.63, 3.8) is 0 Å². The first-order valence-electron chi connectivity index (χ1n) is 10.4. The van der Waals surface area contributed by atoms with E-state index in [-0.39, 0.29) is 18.0 Å². The predicted molar refractivity (Wildman–Crippen MR) is 122 cm³/mol. The molecule has 0 unspecified atom stereocenters. The van der Waals surface area contributed by atoms with E-state index in [0.717, 1.165) is 12.0 Å². The highest BCUT2D eigenvalue weighted by atomic mass is 32.1. The van der Waals surface area contributed by atoms with E-state index in [9.17, 15) is 19.5 Å². The number of likely N-dealkylation sites (tertiary alicyclic amines) is 1. The van der Waals surface area contributed by atoms with Crippen molar-refractivity contribution in [3.8, 4) is 0 Å². The molecule has 31 heavy (non-hydrogen) atoms. The molecule has 0 spiro atoms. The molecule has 2 aromatic carbocycles. The van der Waals surface area contributed by atoms with Gasteiger partial charge in [0.1, 0.15) is 11.8 Å². The monoisotopic (exact) mass is 438 g/mol. The molecule has 2 aromatic rings. The van der Waals surface area contributed by atoms with Gasteiger partial charge in [-0.25, -0.2) is 4.79 Å². The summed E-state index contributed by atoms with van der Waals surface area (Å²) in [6, 6.07) is 14.9. The topological polar surface area (TPSA) is 101 Å². The van der Waals surface area contributed by atoms with E-state index >= 15 is 0 Å². The number of carboxylic acid groups (broad SMARTS) is 1. The lowest BCUT2D eigenvalue weighted by molar-refractivity contribution is -0.140. The number of aliphatic carboxylic acids is 1. The van der Waals surface area contributed by atoms with E-state index in [4.69, 9.17) is 18.0 Å². The van der Waals surface area contributed by atoms with Crippen molar-refractivity contribution in [2.45, 2.75) is 44.2 Å². The molecule has 1 aliphatic rings. The molecule has 0 bridgehead atoms. The number of thiocarbonyl (C=S) groups is 1. The van der Waals surface area contributed by atoms with Crippen molar-refractivity contribution < 1.29 is 19.5 Å². The Morgan fingerprint density at radius 3 is 2.32 bits per heavy atom. The number of Topliss-reactive ketones (excluding diaryl/α,β-unsaturated/α-hetero) is 1. The molecular weight excluding hydrogens is 412 g/mol. The van der Waals surface area contributed by atoms with Crippen molar-refractivity contribution in [1.82, 2.24) is 4.90 Å². The van der Waals surface area contributed by atoms with Crippen LogP contribution in [-0.2, 0) is 16.0 Å². The second-order valence-electron chi connectivity index (χ2n) is 7.75. The highest BCUT2D eigenvalue weighted by molar-refractivity contribution is 7.80. The predicted octanol–water partition coefficient (Wildman–Crippen LogP) is 3.01. The van der Waals surface area contributed by atoms with Gasteiger partial charge in [-0.2, -0.15) is 0 Å². The van der Waals surface area contributed by atoms with Gasteiger partial charge in [-0.15, -0.1) is 0 Å². The molecule has 162 valence electrons. The van der Waals surface area contributed by atoms with E-state index < -0.39 is 18.1 Å². The third-order valence-electron chi connectivity index (χ3n) is 5.56. The number of carbonyl (C=O) groups excluding carboxylic acids is 2. The van der Waals surface area contributed by atoms with Crippen molar-refractivity contribution in [3.05, 3.63) is 71.3 Å². The Kier molecular flexibility index (Phi) is 7.65. The minimum absolute atomic E-state index is 0.0531. The molecule has 1 aliphatic heterocycles. The third-order valence-corrected chi connectivity index (χ3v) is 6.00. The SMILES string of the molecule is N[C@@H](Cc1ccc(C(=O)c2ccccc2)cc1)C(=O)CCC(=S)N1CCC[C@H]1C(=O)O. The van der Waals surface area contributed by atoms with Crippen molar-refractivity contribution >= 4 is 34.7 Å². The van der Waals surface area contributed by atoms with Crippen LogP contribution in [0.1, 0.15) is 47.2 Å². The first-order chi connectivity index (χ1) is 14.9. The van der Waals surface area contributed by atoms with Crippen LogP contribution < -0.4 is 5.73 Å². The van der Waals surface area contributed by atoms with Crippen LogP contribution in [0.15, 0.2) is 54.6 Å². The second-order valence-corrected chi connectivity index (χ2v) is 8.22. The van der Waals surface area contributed by atoms with Crippen molar-refractivity contribution in [2.24, 2.45) is 5.73 Å². The summed E-state index contributed by atoms with van der Waals surface area (Å²) in [7, 11) is 0. The van der Waals surface area contributed by atoms with Crippen LogP contribution in [0.5, 0.6) is 0 Å². The highest BCUT2D eigenvalue weighted by Gasteiger charge is 2.32. The molecule has 0 saturated carbocycles. The summed E-state index contributed by atoms with van der Waals surface area (Å²) < 4.78 is 0. The Morgan fingerprint density at radius 1 is 1.03 bits per heavy atom. The van der Waals surface area contributed by atoms with Crippen LogP contribution in [0.2, 0.25) is 0 Å². The highest BCUT2D eigenvalue weighted by Crippen LogP contribution is 2.20. The summed E-state index contributed by atoms with van der Waals surface area (Å²) in [6.07, 6.45) is 2.25. The number of hydrogen-bond donors (Lipinski definition) is 2. The first-order valence-corrected chi connectivity index (χ1v) is 10.8. The normalized spacial score (nSPS) is 16.7. The molecule has 0 radical (unpaired) electrons. The number of carboxylic acids is 1. The Hall–Kier alpha value is -2.90. The van der Waals surface area contributed by atoms with Gasteiger partial charge in [-0.1, -0.05) is 66.8 Å². The molecule has 2 atom stereocenters. The molecule has 3 rings (SSSR count).